The molecule has 0 aliphatic heterocycles. The molecule has 0 aliphatic carbocycles. The van der Waals surface area contributed by atoms with Gasteiger partial charge in [-0.15, -0.1) is 0 Å². The monoisotopic (exact) mass is 367 g/mol. The van der Waals surface area contributed by atoms with Gasteiger partial charge in [-0.25, -0.2) is 0 Å². The molecule has 3 rings (SSSR count). The molecular weight excluding hydrogens is 346 g/mol. The molecule has 0 radical (unpaired) electrons. The fourth-order valence-electron chi connectivity index (χ4n) is 2.75. The Bertz CT molecular complexity index is 980. The molecule has 7 nitrogen and oxygen atoms in total. The van der Waals surface area contributed by atoms with E-state index in [2.05, 4.69) is 10.4 Å². The summed E-state index contributed by atoms with van der Waals surface area (Å²) < 4.78 is 7.04. The van der Waals surface area contributed by atoms with E-state index < -0.39 is 12.1 Å². The van der Waals surface area contributed by atoms with Crippen molar-refractivity contribution < 1.29 is 19.4 Å². The number of benzene rings is 2. The van der Waals surface area contributed by atoms with Gasteiger partial charge in [-0.05, 0) is 37.6 Å². The van der Waals surface area contributed by atoms with Crippen molar-refractivity contribution in [2.45, 2.75) is 33.1 Å². The highest BCUT2D eigenvalue weighted by Gasteiger charge is 2.15. The van der Waals surface area contributed by atoms with E-state index >= 15 is 0 Å². The van der Waals surface area contributed by atoms with Gasteiger partial charge in [0.2, 0.25) is 0 Å². The van der Waals surface area contributed by atoms with Crippen LogP contribution in [-0.2, 0) is 27.5 Å². The van der Waals surface area contributed by atoms with E-state index in [4.69, 9.17) is 9.84 Å². The molecule has 0 saturated heterocycles. The Morgan fingerprint density at radius 1 is 1.26 bits per heavy atom. The first kappa shape index (κ1) is 18.6. The Kier molecular flexibility index (Phi) is 5.52. The summed E-state index contributed by atoms with van der Waals surface area (Å²) in [6.07, 6.45) is 0.961. The van der Waals surface area contributed by atoms with Crippen molar-refractivity contribution in [1.29, 1.82) is 0 Å². The largest absolute Gasteiger partial charge is 0.480 e. The van der Waals surface area contributed by atoms with Gasteiger partial charge in [0.1, 0.15) is 12.6 Å². The highest BCUT2D eigenvalue weighted by atomic mass is 16.5. The van der Waals surface area contributed by atoms with Gasteiger partial charge in [-0.3, -0.25) is 14.3 Å². The van der Waals surface area contributed by atoms with Gasteiger partial charge < -0.3 is 15.2 Å². The Morgan fingerprint density at radius 2 is 2.07 bits per heavy atom. The predicted octanol–water partition coefficient (Wildman–Crippen LogP) is 2.97. The average Bonchev–Trinajstić information content (AvgIpc) is 3.01. The van der Waals surface area contributed by atoms with E-state index in [9.17, 15) is 9.59 Å². The summed E-state index contributed by atoms with van der Waals surface area (Å²) in [6.45, 7) is 3.81. The van der Waals surface area contributed by atoms with Gasteiger partial charge in [0.15, 0.2) is 0 Å². The van der Waals surface area contributed by atoms with Crippen molar-refractivity contribution in [3.05, 3.63) is 59.8 Å². The lowest BCUT2D eigenvalue weighted by molar-refractivity contribution is -0.137. The molecule has 1 amide bonds. The summed E-state index contributed by atoms with van der Waals surface area (Å²) in [4.78, 5) is 23.3. The fourth-order valence-corrected chi connectivity index (χ4v) is 2.75. The van der Waals surface area contributed by atoms with Gasteiger partial charge in [-0.1, -0.05) is 29.8 Å². The molecule has 2 N–H and O–H groups in total. The van der Waals surface area contributed by atoms with E-state index in [1.807, 2.05) is 31.2 Å². The number of hydrogen-bond acceptors (Lipinski definition) is 4. The van der Waals surface area contributed by atoms with E-state index in [1.54, 1.807) is 31.3 Å². The van der Waals surface area contributed by atoms with Gasteiger partial charge in [0, 0.05) is 11.1 Å². The molecule has 140 valence electrons. The van der Waals surface area contributed by atoms with Crippen LogP contribution in [0.15, 0.2) is 48.7 Å². The van der Waals surface area contributed by atoms with Gasteiger partial charge >= 0.3 is 5.97 Å². The van der Waals surface area contributed by atoms with Crippen LogP contribution < -0.4 is 5.32 Å². The molecule has 1 aromatic heterocycles. The zero-order valence-corrected chi connectivity index (χ0v) is 15.2. The molecule has 0 bridgehead atoms. The molecule has 1 heterocycles. The average molecular weight is 367 g/mol. The standard InChI is InChI=1S/C20H21N3O4/c1-13-4-3-5-15(8-13)12-27-14(2)20(26)22-17-7-6-16-10-21-23(11-19(24)25)18(16)9-17/h3-10,14H,11-12H2,1-2H3,(H,22,26)(H,24,25). The minimum Gasteiger partial charge on any atom is -0.480 e. The summed E-state index contributed by atoms with van der Waals surface area (Å²) in [5.41, 5.74) is 3.35. The zero-order valence-electron chi connectivity index (χ0n) is 15.2. The quantitative estimate of drug-likeness (QED) is 0.670. The van der Waals surface area contributed by atoms with Gasteiger partial charge in [0.25, 0.3) is 5.91 Å². The summed E-state index contributed by atoms with van der Waals surface area (Å²) in [5, 5.41) is 16.6. The topological polar surface area (TPSA) is 93.5 Å². The number of aryl methyl sites for hydroxylation is 1. The SMILES string of the molecule is Cc1cccc(COC(C)C(=O)Nc2ccc3cnn(CC(=O)O)c3c2)c1. The Morgan fingerprint density at radius 3 is 2.81 bits per heavy atom. The highest BCUT2D eigenvalue weighted by molar-refractivity contribution is 5.96. The van der Waals surface area contributed by atoms with Crippen LogP contribution in [0, 0.1) is 6.92 Å². The number of aliphatic carboxylic acids is 1. The van der Waals surface area contributed by atoms with Crippen LogP contribution in [0.3, 0.4) is 0 Å². The number of hydrogen-bond donors (Lipinski definition) is 2. The Labute approximate surface area is 156 Å². The number of nitrogens with zero attached hydrogens (tertiary/aromatic N) is 2. The molecule has 7 heteroatoms. The smallest absolute Gasteiger partial charge is 0.325 e. The van der Waals surface area contributed by atoms with Crippen LogP contribution in [0.1, 0.15) is 18.1 Å². The maximum Gasteiger partial charge on any atom is 0.325 e. The summed E-state index contributed by atoms with van der Waals surface area (Å²) in [7, 11) is 0. The number of fused-ring (bicyclic) bond motifs is 1. The van der Waals surface area contributed by atoms with Crippen molar-refractivity contribution in [1.82, 2.24) is 9.78 Å². The maximum absolute atomic E-state index is 12.4. The first-order valence-electron chi connectivity index (χ1n) is 8.58. The zero-order chi connectivity index (χ0) is 19.4. The number of amides is 1. The number of ether oxygens (including phenoxy) is 1. The van der Waals surface area contributed by atoms with E-state index in [-0.39, 0.29) is 12.5 Å². The van der Waals surface area contributed by atoms with Crippen LogP contribution >= 0.6 is 0 Å². The van der Waals surface area contributed by atoms with Crippen molar-refractivity contribution in [2.75, 3.05) is 5.32 Å². The maximum atomic E-state index is 12.4. The third kappa shape index (κ3) is 4.71. The lowest BCUT2D eigenvalue weighted by Crippen LogP contribution is -2.27. The molecule has 2 aromatic carbocycles. The van der Waals surface area contributed by atoms with Crippen LogP contribution in [0.4, 0.5) is 5.69 Å². The molecule has 0 fully saturated rings. The minimum atomic E-state index is -0.979. The molecule has 0 spiro atoms. The second-order valence-corrected chi connectivity index (χ2v) is 6.40. The first-order valence-corrected chi connectivity index (χ1v) is 8.58. The van der Waals surface area contributed by atoms with Gasteiger partial charge in [0.05, 0.1) is 18.3 Å². The number of anilines is 1. The second-order valence-electron chi connectivity index (χ2n) is 6.40. The third-order valence-electron chi connectivity index (χ3n) is 4.15. The van der Waals surface area contributed by atoms with Crippen LogP contribution in [0.5, 0.6) is 0 Å². The number of rotatable bonds is 7. The molecule has 0 aliphatic rings. The van der Waals surface area contributed by atoms with E-state index in [0.717, 1.165) is 16.5 Å². The lowest BCUT2D eigenvalue weighted by Gasteiger charge is -2.14. The second kappa shape index (κ2) is 8.01. The first-order chi connectivity index (χ1) is 12.9. The summed E-state index contributed by atoms with van der Waals surface area (Å²) >= 11 is 0. The van der Waals surface area contributed by atoms with E-state index in [0.29, 0.717) is 17.8 Å². The molecular formula is C20H21N3O4. The van der Waals surface area contributed by atoms with Crippen molar-refractivity contribution >= 4 is 28.5 Å². The number of carboxylic acid groups (broad SMARTS) is 1. The number of aromatic nitrogens is 2. The molecule has 1 atom stereocenters. The van der Waals surface area contributed by atoms with Crippen LogP contribution in [-0.4, -0.2) is 32.9 Å². The number of carbonyl (C=O) groups is 2. The van der Waals surface area contributed by atoms with Crippen molar-refractivity contribution in [3.8, 4) is 0 Å². The predicted molar refractivity (Wildman–Crippen MR) is 101 cm³/mol. The fraction of sp³-hybridized carbons (Fsp3) is 0.250. The summed E-state index contributed by atoms with van der Waals surface area (Å²) in [5.74, 6) is -1.25. The number of nitrogens with one attached hydrogen (secondary N) is 1. The van der Waals surface area contributed by atoms with Gasteiger partial charge in [-0.2, -0.15) is 5.10 Å². The molecule has 27 heavy (non-hydrogen) atoms. The molecule has 0 saturated carbocycles. The van der Waals surface area contributed by atoms with Crippen molar-refractivity contribution in [2.24, 2.45) is 0 Å². The third-order valence-corrected chi connectivity index (χ3v) is 4.15. The van der Waals surface area contributed by atoms with Crippen LogP contribution in [0.2, 0.25) is 0 Å². The van der Waals surface area contributed by atoms with Crippen LogP contribution in [0.25, 0.3) is 10.9 Å². The normalized spacial score (nSPS) is 12.1. The summed E-state index contributed by atoms with van der Waals surface area (Å²) in [6, 6.07) is 13.2. The Hall–Kier alpha value is -3.19. The highest BCUT2D eigenvalue weighted by Crippen LogP contribution is 2.19. The number of carboxylic acids is 1. The molecule has 1 unspecified atom stereocenters. The minimum absolute atomic E-state index is 0.239. The lowest BCUT2D eigenvalue weighted by atomic mass is 10.1. The Balaban J connectivity index is 1.65. The molecule has 3 aromatic rings. The number of carbonyl (C=O) groups excluding carboxylic acids is 1. The van der Waals surface area contributed by atoms with Crippen molar-refractivity contribution in [3.63, 3.8) is 0 Å². The van der Waals surface area contributed by atoms with E-state index in [1.165, 1.54) is 4.68 Å².